The largest absolute Gasteiger partial charge is 0.465 e. The minimum absolute atomic E-state index is 0.124. The van der Waals surface area contributed by atoms with Crippen molar-refractivity contribution < 1.29 is 19.1 Å². The van der Waals surface area contributed by atoms with E-state index < -0.39 is 11.9 Å². The van der Waals surface area contributed by atoms with Crippen LogP contribution in [0.4, 0.5) is 5.00 Å². The predicted octanol–water partition coefficient (Wildman–Crippen LogP) is 2.81. The normalized spacial score (nSPS) is 10.3. The Kier molecular flexibility index (Phi) is 5.04. The SMILES string of the molecule is COC(=O)c1sc(NC(=O)c2cc(C)ccc2C)c(C(N)=O)c1C. The molecular weight excluding hydrogens is 328 g/mol. The average Bonchev–Trinajstić information content (AvgIpc) is 2.85. The van der Waals surface area contributed by atoms with Crippen LogP contribution in [0.5, 0.6) is 0 Å². The van der Waals surface area contributed by atoms with Crippen molar-refractivity contribution in [3.63, 3.8) is 0 Å². The first-order chi connectivity index (χ1) is 11.3. The lowest BCUT2D eigenvalue weighted by Crippen LogP contribution is -2.18. The molecule has 7 heteroatoms. The van der Waals surface area contributed by atoms with Gasteiger partial charge in [0.25, 0.3) is 11.8 Å². The highest BCUT2D eigenvalue weighted by Gasteiger charge is 2.25. The fourth-order valence-electron chi connectivity index (χ4n) is 2.34. The molecule has 0 aliphatic rings. The maximum atomic E-state index is 12.5. The third-order valence-electron chi connectivity index (χ3n) is 3.63. The van der Waals surface area contributed by atoms with E-state index in [1.165, 1.54) is 7.11 Å². The van der Waals surface area contributed by atoms with Crippen LogP contribution < -0.4 is 11.1 Å². The molecule has 0 saturated carbocycles. The van der Waals surface area contributed by atoms with Gasteiger partial charge in [0, 0.05) is 5.56 Å². The van der Waals surface area contributed by atoms with Gasteiger partial charge in [-0.05, 0) is 38.0 Å². The second-order valence-electron chi connectivity index (χ2n) is 5.39. The lowest BCUT2D eigenvalue weighted by molar-refractivity contribution is 0.0605. The number of nitrogens with two attached hydrogens (primary N) is 1. The van der Waals surface area contributed by atoms with E-state index in [9.17, 15) is 14.4 Å². The second-order valence-corrected chi connectivity index (χ2v) is 6.41. The fourth-order valence-corrected chi connectivity index (χ4v) is 3.46. The van der Waals surface area contributed by atoms with Crippen LogP contribution in [-0.4, -0.2) is 24.9 Å². The molecule has 24 heavy (non-hydrogen) atoms. The van der Waals surface area contributed by atoms with Crippen molar-refractivity contribution >= 4 is 34.1 Å². The molecule has 0 atom stereocenters. The van der Waals surface area contributed by atoms with Gasteiger partial charge in [-0.1, -0.05) is 17.7 Å². The summed E-state index contributed by atoms with van der Waals surface area (Å²) in [4.78, 5) is 36.3. The van der Waals surface area contributed by atoms with Gasteiger partial charge in [0.05, 0.1) is 12.7 Å². The standard InChI is InChI=1S/C17H18N2O4S/c1-8-5-6-9(2)11(7-8)15(21)19-16-12(14(18)20)10(3)13(24-16)17(22)23-4/h5-7H,1-4H3,(H2,18,20)(H,19,21). The monoisotopic (exact) mass is 346 g/mol. The molecule has 2 rings (SSSR count). The molecule has 3 N–H and O–H groups in total. The molecule has 2 aromatic rings. The summed E-state index contributed by atoms with van der Waals surface area (Å²) >= 11 is 0.973. The van der Waals surface area contributed by atoms with Gasteiger partial charge < -0.3 is 15.8 Å². The minimum Gasteiger partial charge on any atom is -0.465 e. The van der Waals surface area contributed by atoms with E-state index in [2.05, 4.69) is 5.32 Å². The number of aryl methyl sites for hydroxylation is 2. The Morgan fingerprint density at radius 2 is 1.83 bits per heavy atom. The first kappa shape index (κ1) is 17.7. The molecule has 0 aliphatic heterocycles. The zero-order chi connectivity index (χ0) is 18.0. The number of benzene rings is 1. The lowest BCUT2D eigenvalue weighted by atomic mass is 10.0. The van der Waals surface area contributed by atoms with E-state index in [4.69, 9.17) is 10.5 Å². The molecule has 126 valence electrons. The van der Waals surface area contributed by atoms with Gasteiger partial charge in [-0.2, -0.15) is 0 Å². The molecule has 0 radical (unpaired) electrons. The molecule has 0 unspecified atom stereocenters. The van der Waals surface area contributed by atoms with Crippen LogP contribution in [0, 0.1) is 20.8 Å². The summed E-state index contributed by atoms with van der Waals surface area (Å²) in [6.07, 6.45) is 0. The molecule has 1 aromatic carbocycles. The fraction of sp³-hybridized carbons (Fsp3) is 0.235. The van der Waals surface area contributed by atoms with Crippen LogP contribution in [0.2, 0.25) is 0 Å². The van der Waals surface area contributed by atoms with Crippen molar-refractivity contribution in [1.82, 2.24) is 0 Å². The molecule has 1 aromatic heterocycles. The van der Waals surface area contributed by atoms with Gasteiger partial charge in [-0.3, -0.25) is 9.59 Å². The summed E-state index contributed by atoms with van der Waals surface area (Å²) in [6, 6.07) is 5.51. The molecule has 0 bridgehead atoms. The first-order valence-electron chi connectivity index (χ1n) is 7.16. The Hall–Kier alpha value is -2.67. The van der Waals surface area contributed by atoms with Crippen LogP contribution in [0.3, 0.4) is 0 Å². The van der Waals surface area contributed by atoms with Gasteiger partial charge >= 0.3 is 5.97 Å². The van der Waals surface area contributed by atoms with Crippen LogP contribution in [0.25, 0.3) is 0 Å². The summed E-state index contributed by atoms with van der Waals surface area (Å²) in [6.45, 7) is 5.30. The van der Waals surface area contributed by atoms with Crippen molar-refractivity contribution in [3.05, 3.63) is 50.9 Å². The van der Waals surface area contributed by atoms with E-state index in [1.807, 2.05) is 26.0 Å². The number of carbonyl (C=O) groups is 3. The van der Waals surface area contributed by atoms with Crippen LogP contribution in [-0.2, 0) is 4.74 Å². The topological polar surface area (TPSA) is 98.5 Å². The van der Waals surface area contributed by atoms with Gasteiger partial charge in [-0.15, -0.1) is 11.3 Å². The molecule has 2 amide bonds. The molecule has 0 fully saturated rings. The van der Waals surface area contributed by atoms with Crippen molar-refractivity contribution in [2.75, 3.05) is 12.4 Å². The summed E-state index contributed by atoms with van der Waals surface area (Å²) in [5, 5.41) is 2.93. The number of anilines is 1. The van der Waals surface area contributed by atoms with Crippen LogP contribution >= 0.6 is 11.3 Å². The Labute approximate surface area is 143 Å². The molecular formula is C17H18N2O4S. The van der Waals surface area contributed by atoms with Crippen molar-refractivity contribution in [3.8, 4) is 0 Å². The highest BCUT2D eigenvalue weighted by molar-refractivity contribution is 7.18. The zero-order valence-electron chi connectivity index (χ0n) is 13.9. The number of amides is 2. The third-order valence-corrected chi connectivity index (χ3v) is 4.82. The van der Waals surface area contributed by atoms with E-state index in [0.717, 1.165) is 22.5 Å². The quantitative estimate of drug-likeness (QED) is 0.832. The smallest absolute Gasteiger partial charge is 0.348 e. The molecule has 1 heterocycles. The highest BCUT2D eigenvalue weighted by atomic mass is 32.1. The van der Waals surface area contributed by atoms with Gasteiger partial charge in [0.15, 0.2) is 0 Å². The van der Waals surface area contributed by atoms with Crippen molar-refractivity contribution in [1.29, 1.82) is 0 Å². The van der Waals surface area contributed by atoms with E-state index in [1.54, 1.807) is 13.0 Å². The van der Waals surface area contributed by atoms with E-state index in [-0.39, 0.29) is 21.3 Å². The zero-order valence-corrected chi connectivity index (χ0v) is 14.7. The number of nitrogens with one attached hydrogen (secondary N) is 1. The molecule has 6 nitrogen and oxygen atoms in total. The third kappa shape index (κ3) is 3.30. The molecule has 0 saturated heterocycles. The number of esters is 1. The lowest BCUT2D eigenvalue weighted by Gasteiger charge is -2.08. The number of thiophene rings is 1. The number of methoxy groups -OCH3 is 1. The summed E-state index contributed by atoms with van der Waals surface area (Å²) in [5.41, 5.74) is 8.17. The van der Waals surface area contributed by atoms with E-state index in [0.29, 0.717) is 11.1 Å². The predicted molar refractivity (Wildman–Crippen MR) is 92.8 cm³/mol. The number of carbonyl (C=O) groups excluding carboxylic acids is 3. The molecule has 0 spiro atoms. The Bertz CT molecular complexity index is 839. The highest BCUT2D eigenvalue weighted by Crippen LogP contribution is 2.33. The number of hydrogen-bond donors (Lipinski definition) is 2. The summed E-state index contributed by atoms with van der Waals surface area (Å²) in [5.74, 6) is -1.65. The number of ether oxygens (including phenoxy) is 1. The van der Waals surface area contributed by atoms with Gasteiger partial charge in [0.1, 0.15) is 9.88 Å². The Balaban J connectivity index is 2.45. The summed E-state index contributed by atoms with van der Waals surface area (Å²) < 4.78 is 4.70. The first-order valence-corrected chi connectivity index (χ1v) is 7.98. The summed E-state index contributed by atoms with van der Waals surface area (Å²) in [7, 11) is 1.25. The Morgan fingerprint density at radius 1 is 1.17 bits per heavy atom. The van der Waals surface area contributed by atoms with Crippen LogP contribution in [0.15, 0.2) is 18.2 Å². The number of rotatable bonds is 4. The average molecular weight is 346 g/mol. The number of primary amides is 1. The molecule has 0 aliphatic carbocycles. The maximum Gasteiger partial charge on any atom is 0.348 e. The van der Waals surface area contributed by atoms with Gasteiger partial charge in [-0.25, -0.2) is 4.79 Å². The Morgan fingerprint density at radius 3 is 2.42 bits per heavy atom. The van der Waals surface area contributed by atoms with E-state index >= 15 is 0 Å². The minimum atomic E-state index is -0.713. The second kappa shape index (κ2) is 6.84. The van der Waals surface area contributed by atoms with Gasteiger partial charge in [0.2, 0.25) is 0 Å². The van der Waals surface area contributed by atoms with Crippen molar-refractivity contribution in [2.45, 2.75) is 20.8 Å². The number of hydrogen-bond acceptors (Lipinski definition) is 5. The van der Waals surface area contributed by atoms with Crippen LogP contribution in [0.1, 0.15) is 47.1 Å². The maximum absolute atomic E-state index is 12.5. The van der Waals surface area contributed by atoms with Crippen molar-refractivity contribution in [2.24, 2.45) is 5.73 Å².